The molecule has 0 fully saturated rings. The van der Waals surface area contributed by atoms with E-state index in [0.29, 0.717) is 0 Å². The molecule has 2 heterocycles. The van der Waals surface area contributed by atoms with Crippen LogP contribution in [0.15, 0.2) is 48.8 Å². The topological polar surface area (TPSA) is 54.0 Å². The highest BCUT2D eigenvalue weighted by Crippen LogP contribution is 2.25. The average Bonchev–Trinajstić information content (AvgIpc) is 2.84. The molecule has 1 amide bonds. The van der Waals surface area contributed by atoms with Crippen LogP contribution < -0.4 is 10.6 Å². The number of carbonyl (C=O) groups is 1. The number of rotatable bonds is 2. The van der Waals surface area contributed by atoms with Gasteiger partial charge in [0, 0.05) is 18.3 Å². The van der Waals surface area contributed by atoms with Gasteiger partial charge in [-0.3, -0.25) is 9.78 Å². The zero-order valence-electron chi connectivity index (χ0n) is 9.76. The van der Waals surface area contributed by atoms with Gasteiger partial charge < -0.3 is 10.6 Å². The SMILES string of the molecule is O=C(Nc1cccnc1)[C@@H]1Cc2ccccc2N1. The van der Waals surface area contributed by atoms with Gasteiger partial charge in [-0.1, -0.05) is 18.2 Å². The van der Waals surface area contributed by atoms with Crippen molar-refractivity contribution < 1.29 is 4.79 Å². The maximum Gasteiger partial charge on any atom is 0.247 e. The molecule has 0 bridgehead atoms. The summed E-state index contributed by atoms with van der Waals surface area (Å²) >= 11 is 0. The fourth-order valence-electron chi connectivity index (χ4n) is 2.12. The number of benzene rings is 1. The third kappa shape index (κ3) is 2.05. The van der Waals surface area contributed by atoms with Crippen LogP contribution in [0.1, 0.15) is 5.56 Å². The summed E-state index contributed by atoms with van der Waals surface area (Å²) in [4.78, 5) is 16.1. The molecular formula is C14H13N3O. The number of carbonyl (C=O) groups excluding carboxylic acids is 1. The second-order valence-corrected chi connectivity index (χ2v) is 4.29. The number of anilines is 2. The van der Waals surface area contributed by atoms with Crippen molar-refractivity contribution in [2.45, 2.75) is 12.5 Å². The first-order chi connectivity index (χ1) is 8.83. The molecule has 0 radical (unpaired) electrons. The molecule has 0 unspecified atom stereocenters. The summed E-state index contributed by atoms with van der Waals surface area (Å²) in [6, 6.07) is 11.4. The molecule has 0 saturated carbocycles. The van der Waals surface area contributed by atoms with Gasteiger partial charge in [0.25, 0.3) is 0 Å². The monoisotopic (exact) mass is 239 g/mol. The van der Waals surface area contributed by atoms with E-state index in [1.165, 1.54) is 5.56 Å². The molecule has 18 heavy (non-hydrogen) atoms. The molecule has 2 aromatic rings. The van der Waals surface area contributed by atoms with E-state index in [0.717, 1.165) is 17.8 Å². The van der Waals surface area contributed by atoms with Crippen molar-refractivity contribution in [1.82, 2.24) is 4.98 Å². The quantitative estimate of drug-likeness (QED) is 0.843. The predicted octanol–water partition coefficient (Wildman–Crippen LogP) is 2.06. The number of fused-ring (bicyclic) bond motifs is 1. The highest BCUT2D eigenvalue weighted by molar-refractivity contribution is 5.97. The standard InChI is InChI=1S/C14H13N3O/c18-14(16-11-5-3-7-15-9-11)13-8-10-4-1-2-6-12(10)17-13/h1-7,9,13,17H,8H2,(H,16,18)/t13-/m0/s1. The van der Waals surface area contributed by atoms with Crippen LogP contribution in [-0.4, -0.2) is 16.9 Å². The third-order valence-corrected chi connectivity index (χ3v) is 3.02. The van der Waals surface area contributed by atoms with Gasteiger partial charge in [0.15, 0.2) is 0 Å². The van der Waals surface area contributed by atoms with Crippen molar-refractivity contribution >= 4 is 17.3 Å². The van der Waals surface area contributed by atoms with E-state index in [1.807, 2.05) is 30.3 Å². The Morgan fingerprint density at radius 2 is 2.17 bits per heavy atom. The fraction of sp³-hybridized carbons (Fsp3) is 0.143. The first-order valence-electron chi connectivity index (χ1n) is 5.88. The van der Waals surface area contributed by atoms with Crippen LogP contribution in [0.3, 0.4) is 0 Å². The molecule has 2 N–H and O–H groups in total. The molecule has 4 nitrogen and oxygen atoms in total. The van der Waals surface area contributed by atoms with Crippen LogP contribution in [0, 0.1) is 0 Å². The zero-order chi connectivity index (χ0) is 12.4. The van der Waals surface area contributed by atoms with Gasteiger partial charge in [0.1, 0.15) is 6.04 Å². The summed E-state index contributed by atoms with van der Waals surface area (Å²) in [5, 5.41) is 6.08. The van der Waals surface area contributed by atoms with Crippen molar-refractivity contribution in [2.24, 2.45) is 0 Å². The zero-order valence-corrected chi connectivity index (χ0v) is 9.76. The number of hydrogen-bond acceptors (Lipinski definition) is 3. The average molecular weight is 239 g/mol. The summed E-state index contributed by atoms with van der Waals surface area (Å²) in [7, 11) is 0. The number of para-hydroxylation sites is 1. The molecule has 1 aliphatic rings. The summed E-state index contributed by atoms with van der Waals surface area (Å²) < 4.78 is 0. The summed E-state index contributed by atoms with van der Waals surface area (Å²) in [5.41, 5.74) is 2.95. The van der Waals surface area contributed by atoms with Gasteiger partial charge in [0.2, 0.25) is 5.91 Å². The van der Waals surface area contributed by atoms with E-state index >= 15 is 0 Å². The van der Waals surface area contributed by atoms with E-state index in [4.69, 9.17) is 0 Å². The van der Waals surface area contributed by atoms with Gasteiger partial charge in [-0.05, 0) is 23.8 Å². The fourth-order valence-corrected chi connectivity index (χ4v) is 2.12. The predicted molar refractivity (Wildman–Crippen MR) is 70.4 cm³/mol. The van der Waals surface area contributed by atoms with Crippen LogP contribution >= 0.6 is 0 Å². The molecule has 0 aliphatic carbocycles. The minimum atomic E-state index is -0.206. The number of nitrogens with zero attached hydrogens (tertiary/aromatic N) is 1. The molecular weight excluding hydrogens is 226 g/mol. The molecule has 0 saturated heterocycles. The van der Waals surface area contributed by atoms with Crippen molar-refractivity contribution in [3.05, 3.63) is 54.4 Å². The van der Waals surface area contributed by atoms with Crippen molar-refractivity contribution in [2.75, 3.05) is 10.6 Å². The van der Waals surface area contributed by atoms with E-state index in [1.54, 1.807) is 18.5 Å². The van der Waals surface area contributed by atoms with Crippen molar-refractivity contribution in [3.63, 3.8) is 0 Å². The van der Waals surface area contributed by atoms with Crippen LogP contribution in [0.5, 0.6) is 0 Å². The minimum absolute atomic E-state index is 0.0285. The lowest BCUT2D eigenvalue weighted by atomic mass is 10.1. The Labute approximate surface area is 105 Å². The molecule has 4 heteroatoms. The number of amides is 1. The van der Waals surface area contributed by atoms with Crippen LogP contribution in [0.25, 0.3) is 0 Å². The number of pyridine rings is 1. The van der Waals surface area contributed by atoms with Gasteiger partial charge in [-0.25, -0.2) is 0 Å². The molecule has 3 rings (SSSR count). The molecule has 1 aromatic carbocycles. The normalized spacial score (nSPS) is 16.8. The first-order valence-corrected chi connectivity index (χ1v) is 5.88. The first kappa shape index (κ1) is 10.8. The summed E-state index contributed by atoms with van der Waals surface area (Å²) in [5.74, 6) is -0.0285. The Morgan fingerprint density at radius 1 is 1.28 bits per heavy atom. The Morgan fingerprint density at radius 3 is 2.94 bits per heavy atom. The molecule has 1 aromatic heterocycles. The summed E-state index contributed by atoms with van der Waals surface area (Å²) in [6.07, 6.45) is 4.04. The molecule has 1 atom stereocenters. The van der Waals surface area contributed by atoms with Gasteiger partial charge in [0.05, 0.1) is 11.9 Å². The van der Waals surface area contributed by atoms with Gasteiger partial charge >= 0.3 is 0 Å². The lowest BCUT2D eigenvalue weighted by molar-refractivity contribution is -0.116. The van der Waals surface area contributed by atoms with E-state index < -0.39 is 0 Å². The summed E-state index contributed by atoms with van der Waals surface area (Å²) in [6.45, 7) is 0. The Kier molecular flexibility index (Phi) is 2.68. The van der Waals surface area contributed by atoms with E-state index in [2.05, 4.69) is 15.6 Å². The largest absolute Gasteiger partial charge is 0.373 e. The van der Waals surface area contributed by atoms with Gasteiger partial charge in [-0.15, -0.1) is 0 Å². The second-order valence-electron chi connectivity index (χ2n) is 4.29. The van der Waals surface area contributed by atoms with Crippen LogP contribution in [-0.2, 0) is 11.2 Å². The van der Waals surface area contributed by atoms with Crippen molar-refractivity contribution in [3.8, 4) is 0 Å². The maximum atomic E-state index is 12.1. The Balaban J connectivity index is 1.70. The van der Waals surface area contributed by atoms with E-state index in [9.17, 15) is 4.79 Å². The third-order valence-electron chi connectivity index (χ3n) is 3.02. The molecule has 1 aliphatic heterocycles. The van der Waals surface area contributed by atoms with Crippen LogP contribution in [0.4, 0.5) is 11.4 Å². The van der Waals surface area contributed by atoms with Gasteiger partial charge in [-0.2, -0.15) is 0 Å². The lowest BCUT2D eigenvalue weighted by Gasteiger charge is -2.11. The maximum absolute atomic E-state index is 12.1. The highest BCUT2D eigenvalue weighted by atomic mass is 16.2. The Bertz CT molecular complexity index is 543. The van der Waals surface area contributed by atoms with Crippen LogP contribution in [0.2, 0.25) is 0 Å². The number of hydrogen-bond donors (Lipinski definition) is 2. The highest BCUT2D eigenvalue weighted by Gasteiger charge is 2.26. The van der Waals surface area contributed by atoms with E-state index in [-0.39, 0.29) is 11.9 Å². The number of nitrogens with one attached hydrogen (secondary N) is 2. The number of aromatic nitrogens is 1. The smallest absolute Gasteiger partial charge is 0.247 e. The Hall–Kier alpha value is -2.36. The minimum Gasteiger partial charge on any atom is -0.373 e. The second kappa shape index (κ2) is 4.49. The molecule has 90 valence electrons. The lowest BCUT2D eigenvalue weighted by Crippen LogP contribution is -2.32. The molecule has 0 spiro atoms. The van der Waals surface area contributed by atoms with Crippen molar-refractivity contribution in [1.29, 1.82) is 0 Å².